The normalized spacial score (nSPS) is 21.0. The Morgan fingerprint density at radius 1 is 1.27 bits per heavy atom. The Morgan fingerprint density at radius 2 is 1.88 bits per heavy atom. The number of nitrogens with zero attached hydrogens (tertiary/aromatic N) is 2. The highest BCUT2D eigenvalue weighted by molar-refractivity contribution is 7.89. The Kier molecular flexibility index (Phi) is 6.05. The number of piperidine rings is 1. The second-order valence-corrected chi connectivity index (χ2v) is 8.81. The highest BCUT2D eigenvalue weighted by Gasteiger charge is 2.44. The number of hydrogen-bond donors (Lipinski definition) is 1. The third-order valence-electron chi connectivity index (χ3n) is 4.62. The van der Waals surface area contributed by atoms with Crippen molar-refractivity contribution < 1.29 is 27.9 Å². The van der Waals surface area contributed by atoms with Crippen LogP contribution < -0.4 is 0 Å². The number of sulfonamides is 1. The van der Waals surface area contributed by atoms with Gasteiger partial charge in [0.2, 0.25) is 10.0 Å². The Balaban J connectivity index is 2.22. The minimum absolute atomic E-state index is 0.0339. The zero-order valence-corrected chi connectivity index (χ0v) is 16.0. The molecule has 1 fully saturated rings. The summed E-state index contributed by atoms with van der Waals surface area (Å²) >= 11 is 0. The molecule has 0 spiro atoms. The number of benzene rings is 1. The number of hydrogen-bond acceptors (Lipinski definition) is 5. The van der Waals surface area contributed by atoms with E-state index in [1.165, 1.54) is 50.4 Å². The lowest BCUT2D eigenvalue weighted by Crippen LogP contribution is -2.52. The summed E-state index contributed by atoms with van der Waals surface area (Å²) in [5, 5.41) is 9.58. The minimum Gasteiger partial charge on any atom is -0.481 e. The van der Waals surface area contributed by atoms with Crippen molar-refractivity contribution in [2.24, 2.45) is 5.41 Å². The summed E-state index contributed by atoms with van der Waals surface area (Å²) in [7, 11) is 0.741. The van der Waals surface area contributed by atoms with Crippen molar-refractivity contribution >= 4 is 21.9 Å². The van der Waals surface area contributed by atoms with Crippen LogP contribution in [0.1, 0.15) is 23.2 Å². The second kappa shape index (κ2) is 7.73. The molecule has 0 bridgehead atoms. The van der Waals surface area contributed by atoms with Crippen LogP contribution in [0.4, 0.5) is 0 Å². The Labute approximate surface area is 153 Å². The monoisotopic (exact) mass is 384 g/mol. The number of rotatable bonds is 6. The van der Waals surface area contributed by atoms with Gasteiger partial charge >= 0.3 is 5.97 Å². The van der Waals surface area contributed by atoms with Crippen LogP contribution >= 0.6 is 0 Å². The highest BCUT2D eigenvalue weighted by atomic mass is 32.2. The predicted octanol–water partition coefficient (Wildman–Crippen LogP) is 0.890. The Morgan fingerprint density at radius 3 is 2.38 bits per heavy atom. The van der Waals surface area contributed by atoms with Crippen molar-refractivity contribution in [3.05, 3.63) is 29.8 Å². The van der Waals surface area contributed by atoms with Crippen LogP contribution in [0.25, 0.3) is 0 Å². The lowest BCUT2D eigenvalue weighted by atomic mass is 9.80. The van der Waals surface area contributed by atoms with Gasteiger partial charge in [-0.25, -0.2) is 12.7 Å². The number of carbonyl (C=O) groups is 2. The molecule has 9 heteroatoms. The third kappa shape index (κ3) is 3.89. The van der Waals surface area contributed by atoms with Crippen LogP contribution in [0.15, 0.2) is 29.2 Å². The van der Waals surface area contributed by atoms with E-state index in [9.17, 15) is 23.1 Å². The smallest absolute Gasteiger partial charge is 0.313 e. The molecule has 2 rings (SSSR count). The van der Waals surface area contributed by atoms with Gasteiger partial charge in [-0.05, 0) is 37.1 Å². The fraction of sp³-hybridized carbons (Fsp3) is 0.529. The molecule has 1 N–H and O–H groups in total. The molecule has 1 heterocycles. The lowest BCUT2D eigenvalue weighted by Gasteiger charge is -2.39. The Bertz CT molecular complexity index is 771. The van der Waals surface area contributed by atoms with Crippen molar-refractivity contribution in [3.63, 3.8) is 0 Å². The van der Waals surface area contributed by atoms with Crippen molar-refractivity contribution in [3.8, 4) is 0 Å². The Hall–Kier alpha value is -1.97. The number of ether oxygens (including phenoxy) is 1. The van der Waals surface area contributed by atoms with Gasteiger partial charge in [0.15, 0.2) is 0 Å². The molecule has 1 aromatic carbocycles. The topological polar surface area (TPSA) is 104 Å². The maximum absolute atomic E-state index is 12.7. The molecule has 26 heavy (non-hydrogen) atoms. The average molecular weight is 384 g/mol. The molecule has 1 atom stereocenters. The summed E-state index contributed by atoms with van der Waals surface area (Å²) < 4.78 is 30.4. The van der Waals surface area contributed by atoms with Crippen LogP contribution in [0.2, 0.25) is 0 Å². The van der Waals surface area contributed by atoms with Gasteiger partial charge in [-0.1, -0.05) is 0 Å². The quantitative estimate of drug-likeness (QED) is 0.781. The SMILES string of the molecule is COCC1(C(=O)O)CCCN(C(=O)c2ccc(S(=O)(=O)N(C)C)cc2)C1. The van der Waals surface area contributed by atoms with Crippen LogP contribution in [-0.4, -0.2) is 75.5 Å². The van der Waals surface area contributed by atoms with Crippen LogP contribution in [0.5, 0.6) is 0 Å². The first-order chi connectivity index (χ1) is 12.1. The molecular formula is C17H24N2O6S. The standard InChI is InChI=1S/C17H24N2O6S/c1-18(2)26(23,24)14-7-5-13(6-8-14)15(20)19-10-4-9-17(11-19,12-25-3)16(21)22/h5-8H,4,9-12H2,1-3H3,(H,21,22). The summed E-state index contributed by atoms with van der Waals surface area (Å²) in [5.74, 6) is -1.30. The minimum atomic E-state index is -3.57. The molecule has 1 amide bonds. The van der Waals surface area contributed by atoms with E-state index in [2.05, 4.69) is 0 Å². The van der Waals surface area contributed by atoms with Crippen LogP contribution in [-0.2, 0) is 19.6 Å². The van der Waals surface area contributed by atoms with E-state index in [0.717, 1.165) is 4.31 Å². The first kappa shape index (κ1) is 20.3. The lowest BCUT2D eigenvalue weighted by molar-refractivity contribution is -0.155. The van der Waals surface area contributed by atoms with Crippen LogP contribution in [0.3, 0.4) is 0 Å². The fourth-order valence-corrected chi connectivity index (χ4v) is 4.00. The number of aliphatic carboxylic acids is 1. The maximum atomic E-state index is 12.7. The third-order valence-corrected chi connectivity index (χ3v) is 6.45. The summed E-state index contributed by atoms with van der Waals surface area (Å²) in [6.07, 6.45) is 1.01. The van der Waals surface area contributed by atoms with Gasteiger partial charge in [0.25, 0.3) is 5.91 Å². The van der Waals surface area contributed by atoms with Gasteiger partial charge in [-0.3, -0.25) is 9.59 Å². The number of methoxy groups -OCH3 is 1. The molecule has 1 aliphatic heterocycles. The summed E-state index contributed by atoms with van der Waals surface area (Å²) in [4.78, 5) is 26.0. The van der Waals surface area contributed by atoms with Gasteiger partial charge in [-0.2, -0.15) is 0 Å². The largest absolute Gasteiger partial charge is 0.481 e. The molecule has 0 radical (unpaired) electrons. The molecule has 1 aromatic rings. The maximum Gasteiger partial charge on any atom is 0.313 e. The first-order valence-corrected chi connectivity index (χ1v) is 9.62. The number of carbonyl (C=O) groups excluding carboxylic acids is 1. The van der Waals surface area contributed by atoms with Crippen molar-refractivity contribution in [1.82, 2.24) is 9.21 Å². The highest BCUT2D eigenvalue weighted by Crippen LogP contribution is 2.31. The molecule has 8 nitrogen and oxygen atoms in total. The molecule has 1 saturated heterocycles. The van der Waals surface area contributed by atoms with E-state index in [1.807, 2.05) is 0 Å². The van der Waals surface area contributed by atoms with Gasteiger partial charge in [-0.15, -0.1) is 0 Å². The van der Waals surface area contributed by atoms with Crippen LogP contribution in [0, 0.1) is 5.41 Å². The van der Waals surface area contributed by atoms with E-state index in [4.69, 9.17) is 4.74 Å². The number of carboxylic acid groups (broad SMARTS) is 1. The van der Waals surface area contributed by atoms with Crippen molar-refractivity contribution in [2.75, 3.05) is 40.9 Å². The summed E-state index contributed by atoms with van der Waals surface area (Å²) in [6, 6.07) is 5.66. The number of likely N-dealkylation sites (tertiary alicyclic amines) is 1. The molecule has 1 aliphatic rings. The predicted molar refractivity (Wildman–Crippen MR) is 94.4 cm³/mol. The van der Waals surface area contributed by atoms with E-state index in [0.29, 0.717) is 24.9 Å². The second-order valence-electron chi connectivity index (χ2n) is 6.66. The molecule has 0 saturated carbocycles. The van der Waals surface area contributed by atoms with Gasteiger partial charge in [0.05, 0.1) is 11.5 Å². The average Bonchev–Trinajstić information content (AvgIpc) is 2.61. The van der Waals surface area contributed by atoms with Gasteiger partial charge < -0.3 is 14.7 Å². The molecule has 1 unspecified atom stereocenters. The number of carboxylic acids is 1. The molecule has 0 aromatic heterocycles. The first-order valence-electron chi connectivity index (χ1n) is 8.18. The zero-order valence-electron chi connectivity index (χ0n) is 15.1. The molecular weight excluding hydrogens is 360 g/mol. The zero-order chi connectivity index (χ0) is 19.5. The van der Waals surface area contributed by atoms with Gasteiger partial charge in [0, 0.05) is 39.9 Å². The van der Waals surface area contributed by atoms with E-state index >= 15 is 0 Å². The van der Waals surface area contributed by atoms with Crippen molar-refractivity contribution in [1.29, 1.82) is 0 Å². The number of amides is 1. The van der Waals surface area contributed by atoms with E-state index in [1.54, 1.807) is 0 Å². The summed E-state index contributed by atoms with van der Waals surface area (Å²) in [5.41, 5.74) is -0.794. The fourth-order valence-electron chi connectivity index (χ4n) is 3.10. The molecule has 144 valence electrons. The van der Waals surface area contributed by atoms with E-state index < -0.39 is 21.4 Å². The van der Waals surface area contributed by atoms with Gasteiger partial charge in [0.1, 0.15) is 5.41 Å². The van der Waals surface area contributed by atoms with E-state index in [-0.39, 0.29) is 24.0 Å². The molecule has 0 aliphatic carbocycles. The summed E-state index contributed by atoms with van der Waals surface area (Å²) in [6.45, 7) is 0.550. The van der Waals surface area contributed by atoms with Crippen molar-refractivity contribution in [2.45, 2.75) is 17.7 Å².